The van der Waals surface area contributed by atoms with Crippen molar-refractivity contribution in [3.05, 3.63) is 45.5 Å². The van der Waals surface area contributed by atoms with E-state index in [1.807, 2.05) is 0 Å². The second-order valence-electron chi connectivity index (χ2n) is 4.30. The normalized spacial score (nSPS) is 11.8. The van der Waals surface area contributed by atoms with Crippen molar-refractivity contribution >= 4 is 22.9 Å². The molecule has 2 aromatic rings. The largest absolute Gasteiger partial charge is 0.478 e. The maximum Gasteiger partial charge on any atom is 0.328 e. The number of halogens is 3. The van der Waals surface area contributed by atoms with Crippen molar-refractivity contribution in [2.75, 3.05) is 0 Å². The summed E-state index contributed by atoms with van der Waals surface area (Å²) in [4.78, 5) is 15.2. The minimum Gasteiger partial charge on any atom is -0.478 e. The second kappa shape index (κ2) is 5.69. The number of benzene rings is 1. The molecule has 0 aliphatic carbocycles. The Hall–Kier alpha value is -2.15. The molecule has 21 heavy (non-hydrogen) atoms. The molecule has 1 aromatic heterocycles. The topological polar surface area (TPSA) is 50.2 Å². The summed E-state index contributed by atoms with van der Waals surface area (Å²) < 4.78 is 40.2. The number of aromatic nitrogens is 1. The van der Waals surface area contributed by atoms with E-state index >= 15 is 0 Å². The fourth-order valence-electron chi connectivity index (χ4n) is 1.84. The molecule has 0 unspecified atom stereocenters. The Kier molecular flexibility index (Phi) is 4.13. The van der Waals surface area contributed by atoms with Gasteiger partial charge in [0.05, 0.1) is 15.6 Å². The molecule has 0 fully saturated rings. The van der Waals surface area contributed by atoms with Gasteiger partial charge in [-0.1, -0.05) is 0 Å². The van der Waals surface area contributed by atoms with Crippen LogP contribution in [0, 0.1) is 24.4 Å². The Bertz CT molecular complexity index is 753. The molecule has 7 heteroatoms. The number of carboxylic acids is 1. The highest BCUT2D eigenvalue weighted by atomic mass is 32.1. The van der Waals surface area contributed by atoms with E-state index in [-0.39, 0.29) is 11.3 Å². The summed E-state index contributed by atoms with van der Waals surface area (Å²) in [7, 11) is 0. The third-order valence-corrected chi connectivity index (χ3v) is 3.83. The first kappa shape index (κ1) is 15.2. The van der Waals surface area contributed by atoms with E-state index in [2.05, 4.69) is 4.98 Å². The van der Waals surface area contributed by atoms with Crippen LogP contribution in [0.25, 0.3) is 16.8 Å². The number of aryl methyl sites for hydroxylation is 1. The minimum atomic E-state index is -1.58. The molecule has 0 bridgehead atoms. The first-order valence-electron chi connectivity index (χ1n) is 5.84. The lowest BCUT2D eigenvalue weighted by molar-refractivity contribution is -0.131. The van der Waals surface area contributed by atoms with Crippen LogP contribution in [-0.4, -0.2) is 16.1 Å². The van der Waals surface area contributed by atoms with Crippen LogP contribution in [0.4, 0.5) is 13.2 Å². The van der Waals surface area contributed by atoms with E-state index in [9.17, 15) is 18.0 Å². The Labute approximate surface area is 122 Å². The van der Waals surface area contributed by atoms with Crippen LogP contribution in [0.15, 0.2) is 18.2 Å². The van der Waals surface area contributed by atoms with Gasteiger partial charge in [-0.15, -0.1) is 11.3 Å². The Morgan fingerprint density at radius 3 is 2.57 bits per heavy atom. The number of allylic oxidation sites excluding steroid dienone is 1. The Morgan fingerprint density at radius 1 is 1.29 bits per heavy atom. The number of thiazole rings is 1. The summed E-state index contributed by atoms with van der Waals surface area (Å²) in [6.45, 7) is 3.19. The van der Waals surface area contributed by atoms with Crippen molar-refractivity contribution in [3.8, 4) is 11.3 Å². The summed E-state index contributed by atoms with van der Waals surface area (Å²) in [5.41, 5.74) is 0.252. The highest BCUT2D eigenvalue weighted by Gasteiger charge is 2.20. The zero-order valence-corrected chi connectivity index (χ0v) is 11.9. The van der Waals surface area contributed by atoms with Crippen molar-refractivity contribution in [2.45, 2.75) is 13.8 Å². The van der Waals surface area contributed by atoms with Crippen molar-refractivity contribution in [2.24, 2.45) is 0 Å². The molecular formula is C14H10F3NO2S. The van der Waals surface area contributed by atoms with E-state index in [1.54, 1.807) is 6.92 Å². The number of carboxylic acid groups (broad SMARTS) is 1. The summed E-state index contributed by atoms with van der Waals surface area (Å²) in [5.74, 6) is -5.37. The lowest BCUT2D eigenvalue weighted by atomic mass is 10.1. The van der Waals surface area contributed by atoms with Crippen molar-refractivity contribution < 1.29 is 23.1 Å². The van der Waals surface area contributed by atoms with Crippen LogP contribution < -0.4 is 0 Å². The maximum absolute atomic E-state index is 13.9. The fourth-order valence-corrected chi connectivity index (χ4v) is 2.74. The minimum absolute atomic E-state index is 0.101. The molecule has 1 aromatic carbocycles. The van der Waals surface area contributed by atoms with Crippen LogP contribution in [0.3, 0.4) is 0 Å². The van der Waals surface area contributed by atoms with Gasteiger partial charge in [0.25, 0.3) is 0 Å². The molecular weight excluding hydrogens is 303 g/mol. The summed E-state index contributed by atoms with van der Waals surface area (Å²) in [5, 5.41) is 9.33. The highest BCUT2D eigenvalue weighted by Crippen LogP contribution is 2.35. The van der Waals surface area contributed by atoms with E-state index < -0.39 is 23.4 Å². The monoisotopic (exact) mass is 313 g/mol. The maximum atomic E-state index is 13.9. The van der Waals surface area contributed by atoms with Gasteiger partial charge >= 0.3 is 5.97 Å². The molecule has 0 saturated heterocycles. The SMILES string of the molecule is C/C(=C\C(=O)O)c1sc(C)nc1-c1ccc(F)c(F)c1F. The highest BCUT2D eigenvalue weighted by molar-refractivity contribution is 7.13. The van der Waals surface area contributed by atoms with Gasteiger partial charge in [0, 0.05) is 11.6 Å². The van der Waals surface area contributed by atoms with Crippen molar-refractivity contribution in [1.82, 2.24) is 4.98 Å². The lowest BCUT2D eigenvalue weighted by Gasteiger charge is -2.05. The Balaban J connectivity index is 2.66. The number of rotatable bonds is 3. The molecule has 1 heterocycles. The molecule has 0 saturated carbocycles. The van der Waals surface area contributed by atoms with Gasteiger partial charge in [-0.05, 0) is 31.6 Å². The van der Waals surface area contributed by atoms with E-state index in [0.29, 0.717) is 15.5 Å². The summed E-state index contributed by atoms with van der Waals surface area (Å²) in [6, 6.07) is 1.89. The number of hydrogen-bond acceptors (Lipinski definition) is 3. The zero-order valence-electron chi connectivity index (χ0n) is 11.1. The molecule has 0 spiro atoms. The first-order valence-corrected chi connectivity index (χ1v) is 6.65. The summed E-state index contributed by atoms with van der Waals surface area (Å²) >= 11 is 1.15. The number of carbonyl (C=O) groups is 1. The van der Waals surface area contributed by atoms with Crippen molar-refractivity contribution in [1.29, 1.82) is 0 Å². The molecule has 3 nitrogen and oxygen atoms in total. The molecule has 0 atom stereocenters. The molecule has 0 radical (unpaired) electrons. The lowest BCUT2D eigenvalue weighted by Crippen LogP contribution is -1.96. The van der Waals surface area contributed by atoms with Gasteiger partial charge in [0.1, 0.15) is 0 Å². The molecule has 0 aliphatic rings. The number of aliphatic carboxylic acids is 1. The van der Waals surface area contributed by atoms with Crippen LogP contribution in [-0.2, 0) is 4.79 Å². The van der Waals surface area contributed by atoms with Crippen LogP contribution in [0.2, 0.25) is 0 Å². The van der Waals surface area contributed by atoms with Gasteiger partial charge in [-0.2, -0.15) is 0 Å². The second-order valence-corrected chi connectivity index (χ2v) is 5.50. The standard InChI is InChI=1S/C14H10F3NO2S/c1-6(5-10(19)20)14-13(18-7(2)21-14)8-3-4-9(15)12(17)11(8)16/h3-5H,1-2H3,(H,19,20)/b6-5+. The number of hydrogen-bond donors (Lipinski definition) is 1. The molecule has 0 amide bonds. The average Bonchev–Trinajstić information content (AvgIpc) is 2.77. The van der Waals surface area contributed by atoms with Gasteiger partial charge in [0.15, 0.2) is 17.5 Å². The predicted molar refractivity (Wildman–Crippen MR) is 73.4 cm³/mol. The smallest absolute Gasteiger partial charge is 0.328 e. The molecule has 0 aliphatic heterocycles. The van der Waals surface area contributed by atoms with Gasteiger partial charge in [0.2, 0.25) is 0 Å². The average molecular weight is 313 g/mol. The molecule has 2 rings (SSSR count). The quantitative estimate of drug-likeness (QED) is 0.687. The van der Waals surface area contributed by atoms with Crippen molar-refractivity contribution in [3.63, 3.8) is 0 Å². The number of nitrogens with zero attached hydrogens (tertiary/aromatic N) is 1. The Morgan fingerprint density at radius 2 is 1.95 bits per heavy atom. The van der Waals surface area contributed by atoms with Crippen LogP contribution >= 0.6 is 11.3 Å². The van der Waals surface area contributed by atoms with Gasteiger partial charge in [-0.3, -0.25) is 0 Å². The van der Waals surface area contributed by atoms with Crippen LogP contribution in [0.5, 0.6) is 0 Å². The first-order chi connectivity index (χ1) is 9.81. The molecule has 1 N–H and O–H groups in total. The third-order valence-electron chi connectivity index (χ3n) is 2.72. The zero-order chi connectivity index (χ0) is 15.7. The van der Waals surface area contributed by atoms with Gasteiger partial charge < -0.3 is 5.11 Å². The van der Waals surface area contributed by atoms with Gasteiger partial charge in [-0.25, -0.2) is 22.9 Å². The summed E-state index contributed by atoms with van der Waals surface area (Å²) in [6.07, 6.45) is 0.953. The van der Waals surface area contributed by atoms with E-state index in [0.717, 1.165) is 29.5 Å². The van der Waals surface area contributed by atoms with E-state index in [4.69, 9.17) is 5.11 Å². The molecule has 110 valence electrons. The van der Waals surface area contributed by atoms with E-state index in [1.165, 1.54) is 6.92 Å². The third kappa shape index (κ3) is 2.97. The van der Waals surface area contributed by atoms with Crippen LogP contribution in [0.1, 0.15) is 16.8 Å². The predicted octanol–water partition coefficient (Wildman–Crippen LogP) is 4.02. The fraction of sp³-hybridized carbons (Fsp3) is 0.143.